The first-order chi connectivity index (χ1) is 27.6. The van der Waals surface area contributed by atoms with Crippen molar-refractivity contribution in [3.05, 3.63) is 78.2 Å². The average Bonchev–Trinajstić information content (AvgIpc) is 3.99. The van der Waals surface area contributed by atoms with Gasteiger partial charge in [0.25, 0.3) is 23.6 Å². The van der Waals surface area contributed by atoms with Gasteiger partial charge in [-0.3, -0.25) is 28.8 Å². The minimum atomic E-state index is -0.619. The Balaban J connectivity index is 1.01. The minimum absolute atomic E-state index is 0.00576. The van der Waals surface area contributed by atoms with Gasteiger partial charge < -0.3 is 59.5 Å². The van der Waals surface area contributed by atoms with E-state index in [1.807, 2.05) is 0 Å². The molecule has 0 atom stereocenters. The van der Waals surface area contributed by atoms with Gasteiger partial charge >= 0.3 is 5.97 Å². The van der Waals surface area contributed by atoms with E-state index >= 15 is 0 Å². The van der Waals surface area contributed by atoms with Gasteiger partial charge in [0.2, 0.25) is 23.5 Å². The van der Waals surface area contributed by atoms with E-state index in [9.17, 15) is 33.6 Å². The first-order valence-electron chi connectivity index (χ1n) is 18.0. The zero-order valence-electron chi connectivity index (χ0n) is 32.7. The highest BCUT2D eigenvalue weighted by Crippen LogP contribution is 2.17. The van der Waals surface area contributed by atoms with E-state index < -0.39 is 35.5 Å². The molecule has 0 fully saturated rings. The Morgan fingerprint density at radius 2 is 1.17 bits per heavy atom. The van der Waals surface area contributed by atoms with Gasteiger partial charge in [-0.2, -0.15) is 0 Å². The lowest BCUT2D eigenvalue weighted by molar-refractivity contribution is -0.117. The Morgan fingerprint density at radius 3 is 1.83 bits per heavy atom. The topological polar surface area (TPSA) is 264 Å². The van der Waals surface area contributed by atoms with Crippen molar-refractivity contribution in [3.8, 4) is 0 Å². The molecule has 58 heavy (non-hydrogen) atoms. The van der Waals surface area contributed by atoms with Crippen LogP contribution in [0.15, 0.2) is 49.3 Å². The number of aryl methyl sites for hydroxylation is 5. The number of nitrogens with zero attached hydrogens (tertiary/aromatic N) is 8. The highest BCUT2D eigenvalue weighted by molar-refractivity contribution is 6.05. The monoisotopic (exact) mass is 800 g/mol. The molecule has 0 unspecified atom stereocenters. The zero-order chi connectivity index (χ0) is 42.1. The van der Waals surface area contributed by atoms with E-state index in [1.165, 1.54) is 44.4 Å². The average molecular weight is 801 g/mol. The van der Waals surface area contributed by atoms with Crippen LogP contribution in [0, 0.1) is 0 Å². The van der Waals surface area contributed by atoms with E-state index in [1.54, 1.807) is 69.9 Å². The van der Waals surface area contributed by atoms with Crippen LogP contribution in [-0.4, -0.2) is 98.9 Å². The number of nitrogens with one attached hydrogen (secondary N) is 6. The molecule has 0 saturated carbocycles. The number of aromatic nitrogens is 8. The molecule has 0 aliphatic carbocycles. The van der Waals surface area contributed by atoms with Gasteiger partial charge in [0.15, 0.2) is 17.5 Å². The number of esters is 1. The Morgan fingerprint density at radius 1 is 0.586 bits per heavy atom. The number of ether oxygens (including phenoxy) is 1. The smallest absolute Gasteiger partial charge is 0.374 e. The van der Waals surface area contributed by atoms with Gasteiger partial charge in [0.05, 0.1) is 18.0 Å². The predicted molar refractivity (Wildman–Crippen MR) is 208 cm³/mol. The molecule has 5 rings (SSSR count). The molecule has 0 radical (unpaired) electrons. The Labute approximate surface area is 331 Å². The van der Waals surface area contributed by atoms with Gasteiger partial charge in [-0.15, -0.1) is 0 Å². The molecule has 6 N–H and O–H groups in total. The summed E-state index contributed by atoms with van der Waals surface area (Å²) < 4.78 is 12.5. The number of anilines is 4. The van der Waals surface area contributed by atoms with Crippen molar-refractivity contribution in [2.75, 3.05) is 41.0 Å². The fourth-order valence-electron chi connectivity index (χ4n) is 5.66. The third-order valence-electron chi connectivity index (χ3n) is 8.47. The molecule has 5 aromatic rings. The number of hydrogen-bond acceptors (Lipinski definition) is 11. The molecule has 22 nitrogen and oxygen atoms in total. The molecule has 0 aliphatic rings. The number of carbonyl (C=O) groups excluding carboxylic acids is 7. The maximum Gasteiger partial charge on any atom is 0.374 e. The molecule has 0 aliphatic heterocycles. The van der Waals surface area contributed by atoms with E-state index in [2.05, 4.69) is 46.9 Å². The summed E-state index contributed by atoms with van der Waals surface area (Å²) in [4.78, 5) is 100. The molecule has 0 saturated heterocycles. The van der Waals surface area contributed by atoms with Crippen LogP contribution >= 0.6 is 0 Å². The summed E-state index contributed by atoms with van der Waals surface area (Å²) in [7, 11) is 8.16. The Bertz CT molecular complexity index is 2360. The fraction of sp³-hybridized carbons (Fsp3) is 0.333. The van der Waals surface area contributed by atoms with Crippen molar-refractivity contribution in [3.63, 3.8) is 0 Å². The van der Waals surface area contributed by atoms with Crippen LogP contribution in [-0.2, 0) is 49.6 Å². The number of hydrogen-bond donors (Lipinski definition) is 6. The van der Waals surface area contributed by atoms with Crippen LogP contribution in [0.3, 0.4) is 0 Å². The number of imidazole rings is 3. The lowest BCUT2D eigenvalue weighted by atomic mass is 10.3. The molecule has 0 bridgehead atoms. The minimum Gasteiger partial charge on any atom is -0.460 e. The predicted octanol–water partition coefficient (Wildman–Crippen LogP) is 1.15. The Hall–Kier alpha value is -7.52. The summed E-state index contributed by atoms with van der Waals surface area (Å²) in [5.41, 5.74) is 1.28. The second kappa shape index (κ2) is 18.4. The van der Waals surface area contributed by atoms with Crippen molar-refractivity contribution >= 4 is 64.4 Å². The summed E-state index contributed by atoms with van der Waals surface area (Å²) in [5, 5.41) is 16.0. The standard InChI is InChI=1S/C36H44N14O8/c1-7-58-36(57)31-44-26(20-50(31)6)45-33(54)24-15-21(17-48(24)4)40-27(51)9-8-11-38-34(55)30-43-25(19-49(30)5)42-28(52)10-12-39-32(53)23-16-22(18-47(23)3)41-35(56)29-37-13-14-46(29)2/h13-20H,7-12H2,1-6H3,(H,38,55)(H,39,53)(H,40,51)(H,41,56)(H,42,52)(H,45,54). The largest absolute Gasteiger partial charge is 0.460 e. The first kappa shape index (κ1) is 41.6. The summed E-state index contributed by atoms with van der Waals surface area (Å²) in [6, 6.07) is 3.00. The lowest BCUT2D eigenvalue weighted by Gasteiger charge is -2.06. The van der Waals surface area contributed by atoms with Crippen LogP contribution in [0.5, 0.6) is 0 Å². The number of carbonyl (C=O) groups is 7. The van der Waals surface area contributed by atoms with E-state index in [0.717, 1.165) is 0 Å². The molecule has 5 aromatic heterocycles. The molecular weight excluding hydrogens is 756 g/mol. The van der Waals surface area contributed by atoms with Crippen molar-refractivity contribution < 1.29 is 38.3 Å². The molecule has 6 amide bonds. The van der Waals surface area contributed by atoms with Crippen molar-refractivity contribution in [1.29, 1.82) is 0 Å². The Kier molecular flexibility index (Phi) is 13.2. The molecule has 22 heteroatoms. The molecular formula is C36H44N14O8. The summed E-state index contributed by atoms with van der Waals surface area (Å²) >= 11 is 0. The quantitative estimate of drug-likeness (QED) is 0.0574. The summed E-state index contributed by atoms with van der Waals surface area (Å²) in [6.45, 7) is 2.01. The first-order valence-corrected chi connectivity index (χ1v) is 18.0. The van der Waals surface area contributed by atoms with E-state index in [-0.39, 0.29) is 78.9 Å². The van der Waals surface area contributed by atoms with Gasteiger partial charge in [0.1, 0.15) is 11.4 Å². The highest BCUT2D eigenvalue weighted by Gasteiger charge is 2.20. The molecule has 0 spiro atoms. The number of amides is 6. The van der Waals surface area contributed by atoms with Crippen molar-refractivity contribution in [1.82, 2.24) is 48.4 Å². The van der Waals surface area contributed by atoms with Crippen LogP contribution < -0.4 is 31.9 Å². The third kappa shape index (κ3) is 10.4. The molecule has 0 aromatic carbocycles. The number of rotatable bonds is 17. The normalized spacial score (nSPS) is 10.8. The van der Waals surface area contributed by atoms with Crippen LogP contribution in [0.4, 0.5) is 23.0 Å². The van der Waals surface area contributed by atoms with Gasteiger partial charge in [0, 0.05) is 98.4 Å². The maximum absolute atomic E-state index is 12.9. The van der Waals surface area contributed by atoms with Crippen LogP contribution in [0.2, 0.25) is 0 Å². The van der Waals surface area contributed by atoms with Gasteiger partial charge in [-0.1, -0.05) is 0 Å². The van der Waals surface area contributed by atoms with E-state index in [4.69, 9.17) is 4.74 Å². The molecule has 5 heterocycles. The zero-order valence-corrected chi connectivity index (χ0v) is 32.7. The highest BCUT2D eigenvalue weighted by atomic mass is 16.5. The van der Waals surface area contributed by atoms with Gasteiger partial charge in [-0.05, 0) is 25.5 Å². The second-order valence-electron chi connectivity index (χ2n) is 13.0. The SMILES string of the molecule is CCOC(=O)c1nc(NC(=O)c2cc(NC(=O)CCCNC(=O)c3nc(NC(=O)CCNC(=O)c4cc(NC(=O)c5nccn5C)cn4C)cn3C)cn2C)cn1C. The van der Waals surface area contributed by atoms with Crippen LogP contribution in [0.25, 0.3) is 0 Å². The lowest BCUT2D eigenvalue weighted by Crippen LogP contribution is -2.29. The van der Waals surface area contributed by atoms with Crippen molar-refractivity contribution in [2.24, 2.45) is 35.2 Å². The second-order valence-corrected chi connectivity index (χ2v) is 13.0. The third-order valence-corrected chi connectivity index (χ3v) is 8.47. The fourth-order valence-corrected chi connectivity index (χ4v) is 5.66. The van der Waals surface area contributed by atoms with E-state index in [0.29, 0.717) is 17.8 Å². The van der Waals surface area contributed by atoms with Gasteiger partial charge in [-0.25, -0.2) is 19.7 Å². The van der Waals surface area contributed by atoms with Crippen LogP contribution in [0.1, 0.15) is 79.0 Å². The summed E-state index contributed by atoms with van der Waals surface area (Å²) in [5.74, 6) is -2.76. The molecule has 306 valence electrons. The van der Waals surface area contributed by atoms with Crippen molar-refractivity contribution in [2.45, 2.75) is 26.2 Å². The maximum atomic E-state index is 12.9. The summed E-state index contributed by atoms with van der Waals surface area (Å²) in [6.07, 6.45) is 9.51.